The van der Waals surface area contributed by atoms with E-state index in [1.165, 1.54) is 29.2 Å². The molecule has 0 aliphatic carbocycles. The Morgan fingerprint density at radius 1 is 1.26 bits per heavy atom. The maximum absolute atomic E-state index is 13.7. The van der Waals surface area contributed by atoms with Gasteiger partial charge in [0.05, 0.1) is 10.6 Å². The van der Waals surface area contributed by atoms with Gasteiger partial charge in [0.2, 0.25) is 10.0 Å². The molecule has 1 heterocycles. The average molecular weight is 509 g/mol. The van der Waals surface area contributed by atoms with Gasteiger partial charge in [-0.15, -0.1) is 11.8 Å². The fourth-order valence-corrected chi connectivity index (χ4v) is 6.08. The predicted molar refractivity (Wildman–Crippen MR) is 134 cm³/mol. The van der Waals surface area contributed by atoms with Gasteiger partial charge in [-0.3, -0.25) is 0 Å². The SMILES string of the molecule is CCCC[C@H]1CN(c2ccccc2)c2cc(SC)c(OC[C@H](OC)C(=O)O)cc2S(=O)(=O)N1C. The number of hydrogen-bond acceptors (Lipinski definition) is 7. The summed E-state index contributed by atoms with van der Waals surface area (Å²) in [6, 6.07) is 12.9. The second-order valence-electron chi connectivity index (χ2n) is 8.11. The number of ether oxygens (including phenoxy) is 2. The number of carboxylic acid groups (broad SMARTS) is 1. The molecule has 0 amide bonds. The molecule has 0 fully saturated rings. The van der Waals surface area contributed by atoms with E-state index >= 15 is 0 Å². The minimum absolute atomic E-state index is 0.134. The summed E-state index contributed by atoms with van der Waals surface area (Å²) in [5, 5.41) is 9.27. The van der Waals surface area contributed by atoms with Crippen LogP contribution in [0.15, 0.2) is 52.3 Å². The van der Waals surface area contributed by atoms with Crippen LogP contribution in [0, 0.1) is 0 Å². The van der Waals surface area contributed by atoms with Crippen LogP contribution in [-0.4, -0.2) is 69.5 Å². The molecule has 1 aliphatic heterocycles. The van der Waals surface area contributed by atoms with Gasteiger partial charge in [-0.25, -0.2) is 13.2 Å². The van der Waals surface area contributed by atoms with Gasteiger partial charge in [0.1, 0.15) is 17.3 Å². The van der Waals surface area contributed by atoms with Crippen molar-refractivity contribution in [3.8, 4) is 5.75 Å². The molecule has 0 saturated heterocycles. The Morgan fingerprint density at radius 2 is 1.97 bits per heavy atom. The first-order valence-electron chi connectivity index (χ1n) is 11.2. The number of sulfonamides is 1. The molecule has 1 N–H and O–H groups in total. The summed E-state index contributed by atoms with van der Waals surface area (Å²) in [5.74, 6) is -0.837. The second kappa shape index (κ2) is 11.4. The maximum Gasteiger partial charge on any atom is 0.336 e. The zero-order valence-corrected chi connectivity index (χ0v) is 21.6. The number of para-hydroxylation sites is 1. The minimum Gasteiger partial charge on any atom is -0.489 e. The highest BCUT2D eigenvalue weighted by atomic mass is 32.2. The van der Waals surface area contributed by atoms with E-state index in [1.807, 2.05) is 42.7 Å². The van der Waals surface area contributed by atoms with Crippen LogP contribution in [0.2, 0.25) is 0 Å². The highest BCUT2D eigenvalue weighted by Gasteiger charge is 2.37. The lowest BCUT2D eigenvalue weighted by molar-refractivity contribution is -0.150. The fraction of sp³-hybridized carbons (Fsp3) is 0.458. The van der Waals surface area contributed by atoms with Crippen LogP contribution in [-0.2, 0) is 19.6 Å². The number of aliphatic carboxylic acids is 1. The number of anilines is 2. The Hall–Kier alpha value is -2.27. The lowest BCUT2D eigenvalue weighted by atomic mass is 10.1. The van der Waals surface area contributed by atoms with E-state index in [9.17, 15) is 18.3 Å². The van der Waals surface area contributed by atoms with E-state index in [-0.39, 0.29) is 17.5 Å². The van der Waals surface area contributed by atoms with Crippen molar-refractivity contribution in [1.29, 1.82) is 0 Å². The van der Waals surface area contributed by atoms with Gasteiger partial charge >= 0.3 is 5.97 Å². The fourth-order valence-electron chi connectivity index (χ4n) is 3.97. The van der Waals surface area contributed by atoms with Crippen LogP contribution in [0.25, 0.3) is 0 Å². The van der Waals surface area contributed by atoms with E-state index in [2.05, 4.69) is 11.8 Å². The van der Waals surface area contributed by atoms with Crippen molar-refractivity contribution in [2.45, 2.75) is 48.1 Å². The van der Waals surface area contributed by atoms with Crippen molar-refractivity contribution in [3.05, 3.63) is 42.5 Å². The van der Waals surface area contributed by atoms with Crippen LogP contribution < -0.4 is 9.64 Å². The highest BCUT2D eigenvalue weighted by molar-refractivity contribution is 7.98. The summed E-state index contributed by atoms with van der Waals surface area (Å²) in [4.78, 5) is 14.2. The second-order valence-corrected chi connectivity index (χ2v) is 10.9. The Morgan fingerprint density at radius 3 is 2.56 bits per heavy atom. The van der Waals surface area contributed by atoms with E-state index < -0.39 is 22.1 Å². The third kappa shape index (κ3) is 5.51. The van der Waals surface area contributed by atoms with E-state index in [4.69, 9.17) is 9.47 Å². The lowest BCUT2D eigenvalue weighted by Gasteiger charge is -2.29. The number of hydrogen-bond donors (Lipinski definition) is 1. The predicted octanol–water partition coefficient (Wildman–Crippen LogP) is 4.22. The number of fused-ring (bicyclic) bond motifs is 1. The lowest BCUT2D eigenvalue weighted by Crippen LogP contribution is -2.40. The molecule has 0 spiro atoms. The molecule has 2 aromatic rings. The largest absolute Gasteiger partial charge is 0.489 e. The summed E-state index contributed by atoms with van der Waals surface area (Å²) >= 11 is 1.41. The van der Waals surface area contributed by atoms with Crippen molar-refractivity contribution < 1.29 is 27.8 Å². The summed E-state index contributed by atoms with van der Waals surface area (Å²) in [6.45, 7) is 2.37. The molecule has 10 heteroatoms. The van der Waals surface area contributed by atoms with Gasteiger partial charge in [0.25, 0.3) is 0 Å². The van der Waals surface area contributed by atoms with Gasteiger partial charge in [-0.05, 0) is 30.9 Å². The molecule has 3 rings (SSSR count). The number of unbranched alkanes of at least 4 members (excludes halogenated alkanes) is 1. The molecular weight excluding hydrogens is 476 g/mol. The molecule has 0 unspecified atom stereocenters. The zero-order valence-electron chi connectivity index (χ0n) is 19.9. The van der Waals surface area contributed by atoms with E-state index in [0.717, 1.165) is 24.9 Å². The molecule has 0 bridgehead atoms. The van der Waals surface area contributed by atoms with E-state index in [1.54, 1.807) is 7.05 Å². The Labute approximate surface area is 205 Å². The number of thioether (sulfide) groups is 1. The number of likely N-dealkylation sites (N-methyl/N-ethyl adjacent to an activating group) is 1. The molecule has 0 aromatic heterocycles. The quantitative estimate of drug-likeness (QED) is 0.477. The summed E-state index contributed by atoms with van der Waals surface area (Å²) in [5.41, 5.74) is 1.48. The summed E-state index contributed by atoms with van der Waals surface area (Å²) in [7, 11) is -0.910. The van der Waals surface area contributed by atoms with Crippen molar-refractivity contribution in [2.75, 3.05) is 38.5 Å². The standard InChI is InChI=1S/C24H32N2O6S2/c1-5-6-10-18-15-26(17-11-8-7-9-12-17)19-13-22(33-4)20(32-16-21(31-3)24(27)28)14-23(19)34(29,30)25(18)2/h7-9,11-14,18,21H,5-6,10,15-16H2,1-4H3,(H,27,28)/t18-,21-/m0/s1. The molecule has 34 heavy (non-hydrogen) atoms. The van der Waals surface area contributed by atoms with Crippen LogP contribution >= 0.6 is 11.8 Å². The maximum atomic E-state index is 13.7. The van der Waals surface area contributed by atoms with Crippen LogP contribution in [0.1, 0.15) is 26.2 Å². The van der Waals surface area contributed by atoms with Crippen molar-refractivity contribution >= 4 is 39.1 Å². The number of nitrogens with zero attached hydrogens (tertiary/aromatic N) is 2. The molecule has 2 atom stereocenters. The smallest absolute Gasteiger partial charge is 0.336 e. The Bertz CT molecular complexity index is 1090. The molecule has 2 aromatic carbocycles. The molecule has 0 radical (unpaired) electrons. The topological polar surface area (TPSA) is 96.4 Å². The van der Waals surface area contributed by atoms with Crippen LogP contribution in [0.5, 0.6) is 5.75 Å². The Balaban J connectivity index is 2.15. The molecule has 8 nitrogen and oxygen atoms in total. The first-order valence-corrected chi connectivity index (χ1v) is 13.8. The molecule has 0 saturated carbocycles. The third-order valence-corrected chi connectivity index (χ3v) is 8.71. The average Bonchev–Trinajstić information content (AvgIpc) is 2.91. The number of benzene rings is 2. The molecular formula is C24H32N2O6S2. The summed E-state index contributed by atoms with van der Waals surface area (Å²) < 4.78 is 39.7. The zero-order chi connectivity index (χ0) is 24.9. The van der Waals surface area contributed by atoms with Crippen molar-refractivity contribution in [3.63, 3.8) is 0 Å². The minimum atomic E-state index is -3.83. The summed E-state index contributed by atoms with van der Waals surface area (Å²) in [6.07, 6.45) is 3.35. The first-order chi connectivity index (χ1) is 16.2. The van der Waals surface area contributed by atoms with Crippen molar-refractivity contribution in [2.24, 2.45) is 0 Å². The van der Waals surface area contributed by atoms with Crippen molar-refractivity contribution in [1.82, 2.24) is 4.31 Å². The van der Waals surface area contributed by atoms with Crippen LogP contribution in [0.3, 0.4) is 0 Å². The monoisotopic (exact) mass is 508 g/mol. The normalized spacial score (nSPS) is 18.7. The number of carbonyl (C=O) groups is 1. The highest BCUT2D eigenvalue weighted by Crippen LogP contribution is 2.43. The van der Waals surface area contributed by atoms with E-state index in [0.29, 0.717) is 22.9 Å². The molecule has 1 aliphatic rings. The van der Waals surface area contributed by atoms with Gasteiger partial charge in [0.15, 0.2) is 6.10 Å². The van der Waals surface area contributed by atoms with Crippen LogP contribution in [0.4, 0.5) is 11.4 Å². The number of rotatable bonds is 10. The first kappa shape index (κ1) is 26.3. The van der Waals surface area contributed by atoms with Gasteiger partial charge < -0.3 is 19.5 Å². The van der Waals surface area contributed by atoms with Gasteiger partial charge in [-0.2, -0.15) is 4.31 Å². The Kier molecular flexibility index (Phi) is 8.86. The van der Waals surface area contributed by atoms with Gasteiger partial charge in [0, 0.05) is 38.5 Å². The number of carboxylic acids is 1. The van der Waals surface area contributed by atoms with Gasteiger partial charge in [-0.1, -0.05) is 38.0 Å². The molecule has 186 valence electrons. The third-order valence-electron chi connectivity index (χ3n) is 6.01. The number of methoxy groups -OCH3 is 1.